The molecule has 2 atom stereocenters. The molecule has 0 unspecified atom stereocenters. The molecule has 3 aromatic rings. The quantitative estimate of drug-likeness (QED) is 0.442. The molecule has 2 heterocycles. The molecule has 0 bridgehead atoms. The van der Waals surface area contributed by atoms with Crippen LogP contribution in [0.4, 0.5) is 5.69 Å². The molecule has 1 N–H and O–H groups in total. The lowest BCUT2D eigenvalue weighted by Gasteiger charge is -2.36. The molecule has 0 spiro atoms. The van der Waals surface area contributed by atoms with Gasteiger partial charge in [0, 0.05) is 48.8 Å². The van der Waals surface area contributed by atoms with Crippen molar-refractivity contribution < 1.29 is 9.84 Å². The average Bonchev–Trinajstić information content (AvgIpc) is 2.92. The van der Waals surface area contributed by atoms with Crippen molar-refractivity contribution in [2.24, 2.45) is 5.92 Å². The number of benzene rings is 3. The lowest BCUT2D eigenvalue weighted by Crippen LogP contribution is -2.38. The Bertz CT molecular complexity index is 1090. The summed E-state index contributed by atoms with van der Waals surface area (Å²) in [6, 6.07) is 25.4. The Morgan fingerprint density at radius 1 is 0.886 bits per heavy atom. The first kappa shape index (κ1) is 23.7. The van der Waals surface area contributed by atoms with Crippen molar-refractivity contribution in [2.45, 2.75) is 38.5 Å². The summed E-state index contributed by atoms with van der Waals surface area (Å²) >= 11 is 0. The van der Waals surface area contributed by atoms with Crippen molar-refractivity contribution in [1.82, 2.24) is 4.90 Å². The first-order chi connectivity index (χ1) is 17.2. The number of piperidine rings is 1. The first-order valence-electron chi connectivity index (χ1n) is 13.2. The largest absolute Gasteiger partial charge is 0.508 e. The van der Waals surface area contributed by atoms with E-state index in [9.17, 15) is 5.11 Å². The van der Waals surface area contributed by atoms with Gasteiger partial charge in [-0.2, -0.15) is 0 Å². The third-order valence-electron chi connectivity index (χ3n) is 8.02. The molecule has 35 heavy (non-hydrogen) atoms. The number of ether oxygens (including phenoxy) is 1. The van der Waals surface area contributed by atoms with Gasteiger partial charge in [0.2, 0.25) is 0 Å². The van der Waals surface area contributed by atoms with Crippen molar-refractivity contribution >= 4 is 5.69 Å². The topological polar surface area (TPSA) is 35.9 Å². The van der Waals surface area contributed by atoms with Crippen LogP contribution >= 0.6 is 0 Å². The zero-order chi connectivity index (χ0) is 24.2. The Morgan fingerprint density at radius 2 is 1.60 bits per heavy atom. The molecule has 0 aliphatic carbocycles. The van der Waals surface area contributed by atoms with E-state index in [4.69, 9.17) is 4.74 Å². The molecule has 0 radical (unpaired) electrons. The predicted octanol–water partition coefficient (Wildman–Crippen LogP) is 6.26. The number of hydrogen-bond donors (Lipinski definition) is 1. The number of phenols is 1. The minimum absolute atomic E-state index is 0.190. The van der Waals surface area contributed by atoms with Gasteiger partial charge in [-0.1, -0.05) is 62.4 Å². The summed E-state index contributed by atoms with van der Waals surface area (Å²) in [5.74, 6) is 2.28. The van der Waals surface area contributed by atoms with Gasteiger partial charge >= 0.3 is 0 Å². The second-order valence-corrected chi connectivity index (χ2v) is 10.0. The number of fused-ring (bicyclic) bond motifs is 1. The third kappa shape index (κ3) is 5.18. The highest BCUT2D eigenvalue weighted by molar-refractivity contribution is 5.54. The molecular formula is C31H38N2O2. The van der Waals surface area contributed by atoms with Crippen LogP contribution in [0.3, 0.4) is 0 Å². The Balaban J connectivity index is 1.35. The van der Waals surface area contributed by atoms with Gasteiger partial charge in [-0.25, -0.2) is 0 Å². The fraction of sp³-hybridized carbons (Fsp3) is 0.419. The summed E-state index contributed by atoms with van der Waals surface area (Å²) in [5.41, 5.74) is 5.06. The van der Waals surface area contributed by atoms with Crippen LogP contribution in [0.5, 0.6) is 11.5 Å². The molecule has 0 amide bonds. The standard InChI is InChI=1S/C31H38N2O2/c1-3-32(4-2)21-23-16-18-33(19-17-23)26-12-10-25(11-13-26)31-28-15-14-27(34)20-30(28)35-22-29(31)24-8-6-5-7-9-24/h5-15,20,23,29,31,34H,3-4,16-19,21-22H2,1-2H3/t29-,31-/m1/s1. The van der Waals surface area contributed by atoms with Crippen LogP contribution in [-0.2, 0) is 0 Å². The Kier molecular flexibility index (Phi) is 7.29. The van der Waals surface area contributed by atoms with Gasteiger partial charge in [-0.05, 0) is 61.2 Å². The summed E-state index contributed by atoms with van der Waals surface area (Å²) in [7, 11) is 0. The maximum absolute atomic E-state index is 10.0. The zero-order valence-corrected chi connectivity index (χ0v) is 21.1. The van der Waals surface area contributed by atoms with Gasteiger partial charge in [0.1, 0.15) is 11.5 Å². The SMILES string of the molecule is CCN(CC)CC1CCN(c2ccc([C@@H]3c4ccc(O)cc4OC[C@@H]3c3ccccc3)cc2)CC1. The fourth-order valence-corrected chi connectivity index (χ4v) is 5.91. The second kappa shape index (κ2) is 10.7. The van der Waals surface area contributed by atoms with Crippen LogP contribution in [0.2, 0.25) is 0 Å². The lowest BCUT2D eigenvalue weighted by molar-refractivity contribution is 0.229. The number of hydrogen-bond acceptors (Lipinski definition) is 4. The van der Waals surface area contributed by atoms with Crippen molar-refractivity contribution in [3.63, 3.8) is 0 Å². The maximum Gasteiger partial charge on any atom is 0.126 e. The molecule has 5 rings (SSSR count). The highest BCUT2D eigenvalue weighted by atomic mass is 16.5. The average molecular weight is 471 g/mol. The van der Waals surface area contributed by atoms with Gasteiger partial charge in [0.05, 0.1) is 6.61 Å². The number of phenolic OH excluding ortho intramolecular Hbond substituents is 1. The summed E-state index contributed by atoms with van der Waals surface area (Å²) in [4.78, 5) is 5.11. The molecule has 1 fully saturated rings. The number of rotatable bonds is 7. The molecule has 0 aromatic heterocycles. The van der Waals surface area contributed by atoms with Crippen LogP contribution in [0.1, 0.15) is 55.2 Å². The Labute approximate surface area is 210 Å². The van der Waals surface area contributed by atoms with E-state index in [-0.39, 0.29) is 17.6 Å². The molecule has 3 aromatic carbocycles. The van der Waals surface area contributed by atoms with Crippen molar-refractivity contribution in [2.75, 3.05) is 44.2 Å². The predicted molar refractivity (Wildman–Crippen MR) is 144 cm³/mol. The molecular weight excluding hydrogens is 432 g/mol. The molecule has 0 saturated carbocycles. The minimum atomic E-state index is 0.190. The second-order valence-electron chi connectivity index (χ2n) is 10.0. The summed E-state index contributed by atoms with van der Waals surface area (Å²) in [6.45, 7) is 10.9. The van der Waals surface area contributed by atoms with Crippen LogP contribution in [-0.4, -0.2) is 49.3 Å². The van der Waals surface area contributed by atoms with E-state index in [2.05, 4.69) is 78.2 Å². The summed E-state index contributed by atoms with van der Waals surface area (Å²) in [5, 5.41) is 10.0. The van der Waals surface area contributed by atoms with E-state index < -0.39 is 0 Å². The van der Waals surface area contributed by atoms with Crippen LogP contribution in [0.15, 0.2) is 72.8 Å². The first-order valence-corrected chi connectivity index (χ1v) is 13.2. The highest BCUT2D eigenvalue weighted by Gasteiger charge is 2.33. The number of aromatic hydroxyl groups is 1. The van der Waals surface area contributed by atoms with Crippen molar-refractivity contribution in [3.05, 3.63) is 89.5 Å². The molecule has 4 nitrogen and oxygen atoms in total. The van der Waals surface area contributed by atoms with Crippen molar-refractivity contribution in [3.8, 4) is 11.5 Å². The smallest absolute Gasteiger partial charge is 0.126 e. The van der Waals surface area contributed by atoms with Gasteiger partial charge < -0.3 is 19.6 Å². The molecule has 2 aliphatic heterocycles. The van der Waals surface area contributed by atoms with Gasteiger partial charge in [-0.15, -0.1) is 0 Å². The van der Waals surface area contributed by atoms with Gasteiger partial charge in [0.25, 0.3) is 0 Å². The summed E-state index contributed by atoms with van der Waals surface area (Å²) < 4.78 is 6.12. The molecule has 1 saturated heterocycles. The van der Waals surface area contributed by atoms with E-state index in [0.717, 1.165) is 43.4 Å². The van der Waals surface area contributed by atoms with E-state index in [1.807, 2.05) is 6.07 Å². The van der Waals surface area contributed by atoms with Crippen LogP contribution in [0.25, 0.3) is 0 Å². The van der Waals surface area contributed by atoms with E-state index >= 15 is 0 Å². The normalized spacial score (nSPS) is 20.5. The van der Waals surface area contributed by atoms with Gasteiger partial charge in [0.15, 0.2) is 0 Å². The van der Waals surface area contributed by atoms with Gasteiger partial charge in [-0.3, -0.25) is 0 Å². The molecule has 4 heteroatoms. The monoisotopic (exact) mass is 470 g/mol. The van der Waals surface area contributed by atoms with E-state index in [1.54, 1.807) is 12.1 Å². The summed E-state index contributed by atoms with van der Waals surface area (Å²) in [6.07, 6.45) is 2.54. The molecule has 2 aliphatic rings. The maximum atomic E-state index is 10.0. The fourth-order valence-electron chi connectivity index (χ4n) is 5.91. The number of anilines is 1. The lowest BCUT2D eigenvalue weighted by atomic mass is 9.76. The minimum Gasteiger partial charge on any atom is -0.508 e. The zero-order valence-electron chi connectivity index (χ0n) is 21.1. The van der Waals surface area contributed by atoms with Crippen LogP contribution in [0, 0.1) is 5.92 Å². The molecule has 184 valence electrons. The van der Waals surface area contributed by atoms with Crippen LogP contribution < -0.4 is 9.64 Å². The van der Waals surface area contributed by atoms with Crippen molar-refractivity contribution in [1.29, 1.82) is 0 Å². The third-order valence-corrected chi connectivity index (χ3v) is 8.02. The Hall–Kier alpha value is -2.98. The highest BCUT2D eigenvalue weighted by Crippen LogP contribution is 2.47. The number of nitrogens with zero attached hydrogens (tertiary/aromatic N) is 2. The Morgan fingerprint density at radius 3 is 2.29 bits per heavy atom. The van der Waals surface area contributed by atoms with E-state index in [0.29, 0.717) is 6.61 Å². The van der Waals surface area contributed by atoms with E-state index in [1.165, 1.54) is 36.2 Å².